The topological polar surface area (TPSA) is 61.7 Å². The van der Waals surface area contributed by atoms with Gasteiger partial charge in [0.15, 0.2) is 0 Å². The standard InChI is InChI=1S/C5H11NO3/c7-2-4-1-6-9-5(4)3-8/h4-8H,1-3H2/t4-,5-/m1/s1. The molecule has 4 nitrogen and oxygen atoms in total. The molecule has 1 saturated heterocycles. The van der Waals surface area contributed by atoms with Gasteiger partial charge in [-0.25, -0.2) is 5.48 Å². The van der Waals surface area contributed by atoms with Crippen molar-refractivity contribution in [1.82, 2.24) is 5.48 Å². The highest BCUT2D eigenvalue weighted by molar-refractivity contribution is 4.73. The van der Waals surface area contributed by atoms with E-state index in [4.69, 9.17) is 15.1 Å². The molecule has 0 saturated carbocycles. The number of hydroxylamine groups is 1. The minimum absolute atomic E-state index is 0.0295. The maximum absolute atomic E-state index is 8.64. The molecule has 0 radical (unpaired) electrons. The Morgan fingerprint density at radius 3 is 2.67 bits per heavy atom. The Balaban J connectivity index is 2.32. The molecule has 1 aliphatic rings. The van der Waals surface area contributed by atoms with Crippen LogP contribution in [0.25, 0.3) is 0 Å². The van der Waals surface area contributed by atoms with Crippen LogP contribution < -0.4 is 5.48 Å². The van der Waals surface area contributed by atoms with E-state index in [0.717, 1.165) is 0 Å². The molecule has 2 atom stereocenters. The zero-order valence-corrected chi connectivity index (χ0v) is 5.08. The van der Waals surface area contributed by atoms with E-state index in [9.17, 15) is 0 Å². The van der Waals surface area contributed by atoms with Crippen LogP contribution in [0.5, 0.6) is 0 Å². The summed E-state index contributed by atoms with van der Waals surface area (Å²) in [6.07, 6.45) is -0.227. The van der Waals surface area contributed by atoms with E-state index in [2.05, 4.69) is 5.48 Å². The van der Waals surface area contributed by atoms with Crippen LogP contribution in [-0.4, -0.2) is 36.1 Å². The lowest BCUT2D eigenvalue weighted by Gasteiger charge is -2.09. The molecule has 1 aliphatic heterocycles. The fourth-order valence-electron chi connectivity index (χ4n) is 0.858. The third kappa shape index (κ3) is 1.40. The van der Waals surface area contributed by atoms with Crippen molar-refractivity contribution >= 4 is 0 Å². The molecule has 0 aliphatic carbocycles. The molecule has 0 unspecified atom stereocenters. The van der Waals surface area contributed by atoms with Crippen LogP contribution in [0, 0.1) is 5.92 Å². The van der Waals surface area contributed by atoms with Gasteiger partial charge >= 0.3 is 0 Å². The zero-order valence-electron chi connectivity index (χ0n) is 5.08. The van der Waals surface area contributed by atoms with E-state index in [1.165, 1.54) is 0 Å². The van der Waals surface area contributed by atoms with Crippen LogP contribution >= 0.6 is 0 Å². The Morgan fingerprint density at radius 1 is 1.44 bits per heavy atom. The van der Waals surface area contributed by atoms with Crippen molar-refractivity contribution in [3.63, 3.8) is 0 Å². The molecular weight excluding hydrogens is 122 g/mol. The van der Waals surface area contributed by atoms with E-state index < -0.39 is 0 Å². The highest BCUT2D eigenvalue weighted by Gasteiger charge is 2.26. The lowest BCUT2D eigenvalue weighted by Crippen LogP contribution is -2.24. The fourth-order valence-corrected chi connectivity index (χ4v) is 0.858. The Kier molecular flexibility index (Phi) is 2.41. The molecular formula is C5H11NO3. The Labute approximate surface area is 53.4 Å². The van der Waals surface area contributed by atoms with E-state index in [1.54, 1.807) is 0 Å². The smallest absolute Gasteiger partial charge is 0.108 e. The third-order valence-corrected chi connectivity index (χ3v) is 1.52. The molecule has 0 aromatic carbocycles. The van der Waals surface area contributed by atoms with Crippen molar-refractivity contribution in [3.8, 4) is 0 Å². The van der Waals surface area contributed by atoms with Crippen LogP contribution in [0.3, 0.4) is 0 Å². The van der Waals surface area contributed by atoms with E-state index in [-0.39, 0.29) is 25.2 Å². The van der Waals surface area contributed by atoms with E-state index in [0.29, 0.717) is 6.54 Å². The number of nitrogens with one attached hydrogen (secondary N) is 1. The maximum Gasteiger partial charge on any atom is 0.108 e. The highest BCUT2D eigenvalue weighted by Crippen LogP contribution is 2.10. The van der Waals surface area contributed by atoms with Crippen molar-refractivity contribution in [2.75, 3.05) is 19.8 Å². The van der Waals surface area contributed by atoms with Gasteiger partial charge in [0.25, 0.3) is 0 Å². The summed E-state index contributed by atoms with van der Waals surface area (Å²) in [5.74, 6) is 0.0509. The summed E-state index contributed by atoms with van der Waals surface area (Å²) in [6.45, 7) is 0.665. The minimum Gasteiger partial charge on any atom is -0.396 e. The van der Waals surface area contributed by atoms with Gasteiger partial charge in [-0.1, -0.05) is 0 Å². The van der Waals surface area contributed by atoms with Crippen LogP contribution in [0.2, 0.25) is 0 Å². The van der Waals surface area contributed by atoms with E-state index >= 15 is 0 Å². The van der Waals surface area contributed by atoms with Crippen LogP contribution in [0.15, 0.2) is 0 Å². The first-order valence-electron chi connectivity index (χ1n) is 2.98. The first kappa shape index (κ1) is 6.95. The fraction of sp³-hybridized carbons (Fsp3) is 1.00. The van der Waals surface area contributed by atoms with Gasteiger partial charge in [-0.05, 0) is 0 Å². The Bertz CT molecular complexity index is 78.3. The highest BCUT2D eigenvalue weighted by atomic mass is 16.7. The van der Waals surface area contributed by atoms with Gasteiger partial charge in [0.1, 0.15) is 6.10 Å². The second-order valence-corrected chi connectivity index (χ2v) is 2.13. The number of hydrogen-bond acceptors (Lipinski definition) is 4. The normalized spacial score (nSPS) is 35.3. The van der Waals surface area contributed by atoms with Crippen LogP contribution in [-0.2, 0) is 4.84 Å². The molecule has 0 amide bonds. The molecule has 4 heteroatoms. The summed E-state index contributed by atoms with van der Waals surface area (Å²) in [4.78, 5) is 4.85. The van der Waals surface area contributed by atoms with Crippen molar-refractivity contribution in [3.05, 3.63) is 0 Å². The molecule has 0 aromatic heterocycles. The number of aliphatic hydroxyl groups is 2. The Hall–Kier alpha value is -0.160. The van der Waals surface area contributed by atoms with Gasteiger partial charge in [-0.15, -0.1) is 0 Å². The predicted molar refractivity (Wildman–Crippen MR) is 30.5 cm³/mol. The minimum atomic E-state index is -0.227. The third-order valence-electron chi connectivity index (χ3n) is 1.52. The van der Waals surface area contributed by atoms with Crippen LogP contribution in [0.4, 0.5) is 0 Å². The van der Waals surface area contributed by atoms with Gasteiger partial charge in [-0.2, -0.15) is 0 Å². The molecule has 1 fully saturated rings. The van der Waals surface area contributed by atoms with Crippen molar-refractivity contribution < 1.29 is 15.1 Å². The maximum atomic E-state index is 8.64. The molecule has 54 valence electrons. The quantitative estimate of drug-likeness (QED) is 0.428. The molecule has 1 rings (SSSR count). The predicted octanol–water partition coefficient (Wildman–Crippen LogP) is -1.51. The van der Waals surface area contributed by atoms with Gasteiger partial charge in [0.2, 0.25) is 0 Å². The lowest BCUT2D eigenvalue weighted by molar-refractivity contribution is -0.0166. The summed E-state index contributed by atoms with van der Waals surface area (Å²) in [7, 11) is 0. The van der Waals surface area contributed by atoms with Gasteiger partial charge in [0.05, 0.1) is 6.61 Å². The van der Waals surface area contributed by atoms with Gasteiger partial charge in [-0.3, -0.25) is 4.84 Å². The molecule has 0 spiro atoms. The number of aliphatic hydroxyl groups excluding tert-OH is 2. The number of rotatable bonds is 2. The van der Waals surface area contributed by atoms with Crippen molar-refractivity contribution in [2.45, 2.75) is 6.10 Å². The average molecular weight is 133 g/mol. The first-order valence-corrected chi connectivity index (χ1v) is 2.98. The Morgan fingerprint density at radius 2 is 2.22 bits per heavy atom. The van der Waals surface area contributed by atoms with Crippen LogP contribution in [0.1, 0.15) is 0 Å². The second kappa shape index (κ2) is 3.12. The SMILES string of the molecule is OC[C@H]1CNO[C@@H]1CO. The average Bonchev–Trinajstić information content (AvgIpc) is 2.33. The largest absolute Gasteiger partial charge is 0.396 e. The number of hydrogen-bond donors (Lipinski definition) is 3. The monoisotopic (exact) mass is 133 g/mol. The summed E-state index contributed by atoms with van der Waals surface area (Å²) < 4.78 is 0. The molecule has 9 heavy (non-hydrogen) atoms. The van der Waals surface area contributed by atoms with Gasteiger partial charge in [0, 0.05) is 19.1 Å². The van der Waals surface area contributed by atoms with E-state index in [1.807, 2.05) is 0 Å². The zero-order chi connectivity index (χ0) is 6.69. The van der Waals surface area contributed by atoms with Crippen molar-refractivity contribution in [1.29, 1.82) is 0 Å². The lowest BCUT2D eigenvalue weighted by atomic mass is 10.1. The summed E-state index contributed by atoms with van der Waals surface area (Å²) >= 11 is 0. The molecule has 0 aromatic rings. The summed E-state index contributed by atoms with van der Waals surface area (Å²) in [5.41, 5.74) is 2.60. The van der Waals surface area contributed by atoms with Gasteiger partial charge < -0.3 is 10.2 Å². The summed E-state index contributed by atoms with van der Waals surface area (Å²) in [5, 5.41) is 17.2. The molecule has 0 bridgehead atoms. The van der Waals surface area contributed by atoms with Crippen molar-refractivity contribution in [2.24, 2.45) is 5.92 Å². The summed E-state index contributed by atoms with van der Waals surface area (Å²) in [6, 6.07) is 0. The molecule has 1 heterocycles. The molecule has 3 N–H and O–H groups in total. The second-order valence-electron chi connectivity index (χ2n) is 2.13. The first-order chi connectivity index (χ1) is 4.38.